The topological polar surface area (TPSA) is 9.23 Å². The van der Waals surface area contributed by atoms with E-state index in [-0.39, 0.29) is 11.3 Å². The highest BCUT2D eigenvalue weighted by molar-refractivity contribution is 7.17. The SMILES string of the molecule is CC(C)(C)C(P)O[Si](C)(C)C. The van der Waals surface area contributed by atoms with Gasteiger partial charge in [-0.1, -0.05) is 20.8 Å². The molecule has 11 heavy (non-hydrogen) atoms. The van der Waals surface area contributed by atoms with Crippen LogP contribution in [-0.4, -0.2) is 14.2 Å². The Balaban J connectivity index is 3.99. The maximum absolute atomic E-state index is 5.90. The summed E-state index contributed by atoms with van der Waals surface area (Å²) in [7, 11) is 1.43. The van der Waals surface area contributed by atoms with Crippen LogP contribution in [0.4, 0.5) is 0 Å². The monoisotopic (exact) mass is 192 g/mol. The third-order valence-corrected chi connectivity index (χ3v) is 3.70. The molecule has 0 saturated carbocycles. The van der Waals surface area contributed by atoms with Gasteiger partial charge in [0.05, 0.1) is 5.85 Å². The fourth-order valence-corrected chi connectivity index (χ4v) is 2.90. The van der Waals surface area contributed by atoms with Crippen molar-refractivity contribution in [3.63, 3.8) is 0 Å². The molecule has 0 aromatic carbocycles. The van der Waals surface area contributed by atoms with E-state index >= 15 is 0 Å². The van der Waals surface area contributed by atoms with E-state index < -0.39 is 8.32 Å². The average Bonchev–Trinajstić information content (AvgIpc) is 1.56. The van der Waals surface area contributed by atoms with Crippen LogP contribution in [0.5, 0.6) is 0 Å². The lowest BCUT2D eigenvalue weighted by Crippen LogP contribution is -2.35. The van der Waals surface area contributed by atoms with Crippen LogP contribution in [-0.2, 0) is 4.43 Å². The van der Waals surface area contributed by atoms with Gasteiger partial charge in [-0.25, -0.2) is 0 Å². The Morgan fingerprint density at radius 3 is 1.64 bits per heavy atom. The summed E-state index contributed by atoms with van der Waals surface area (Å²) in [5.74, 6) is 0.286. The molecule has 0 saturated heterocycles. The number of hydrogen-bond donors (Lipinski definition) is 0. The molecule has 1 nitrogen and oxygen atoms in total. The van der Waals surface area contributed by atoms with E-state index in [1.807, 2.05) is 0 Å². The lowest BCUT2D eigenvalue weighted by Gasteiger charge is -2.32. The molecule has 68 valence electrons. The van der Waals surface area contributed by atoms with Crippen molar-refractivity contribution in [2.75, 3.05) is 0 Å². The number of rotatable bonds is 2. The van der Waals surface area contributed by atoms with E-state index in [1.165, 1.54) is 0 Å². The van der Waals surface area contributed by atoms with E-state index in [0.29, 0.717) is 0 Å². The van der Waals surface area contributed by atoms with Crippen molar-refractivity contribution in [2.45, 2.75) is 46.3 Å². The van der Waals surface area contributed by atoms with Crippen LogP contribution in [0.1, 0.15) is 20.8 Å². The molecule has 0 aromatic rings. The van der Waals surface area contributed by atoms with Gasteiger partial charge in [-0.3, -0.25) is 0 Å². The molecule has 0 bridgehead atoms. The van der Waals surface area contributed by atoms with E-state index in [4.69, 9.17) is 4.43 Å². The largest absolute Gasteiger partial charge is 0.411 e. The normalized spacial score (nSPS) is 16.6. The second-order valence-corrected chi connectivity index (χ2v) is 10.1. The van der Waals surface area contributed by atoms with Gasteiger partial charge in [0.2, 0.25) is 0 Å². The molecule has 0 aliphatic heterocycles. The predicted octanol–water partition coefficient (Wildman–Crippen LogP) is 3.09. The van der Waals surface area contributed by atoms with Crippen LogP contribution in [0.3, 0.4) is 0 Å². The van der Waals surface area contributed by atoms with E-state index in [9.17, 15) is 0 Å². The molecule has 0 amide bonds. The molecule has 2 unspecified atom stereocenters. The summed E-state index contributed by atoms with van der Waals surface area (Å²) in [4.78, 5) is 0. The van der Waals surface area contributed by atoms with Crippen LogP contribution in [0.25, 0.3) is 0 Å². The number of hydrogen-bond acceptors (Lipinski definition) is 1. The fourth-order valence-electron chi connectivity index (χ4n) is 0.558. The molecule has 0 aliphatic carbocycles. The average molecular weight is 192 g/mol. The van der Waals surface area contributed by atoms with Gasteiger partial charge in [0.1, 0.15) is 0 Å². The smallest absolute Gasteiger partial charge is 0.184 e. The minimum Gasteiger partial charge on any atom is -0.411 e. The highest BCUT2D eigenvalue weighted by Gasteiger charge is 2.26. The van der Waals surface area contributed by atoms with Gasteiger partial charge >= 0.3 is 0 Å². The molecule has 0 aliphatic rings. The Labute approximate surface area is 74.2 Å². The van der Waals surface area contributed by atoms with Gasteiger partial charge in [-0.15, -0.1) is 9.24 Å². The Kier molecular flexibility index (Phi) is 3.75. The van der Waals surface area contributed by atoms with Crippen molar-refractivity contribution in [3.05, 3.63) is 0 Å². The second-order valence-electron chi connectivity index (χ2n) is 5.02. The summed E-state index contributed by atoms with van der Waals surface area (Å²) in [6, 6.07) is 0. The van der Waals surface area contributed by atoms with Crippen molar-refractivity contribution in [2.24, 2.45) is 5.41 Å². The van der Waals surface area contributed by atoms with Crippen molar-refractivity contribution in [1.82, 2.24) is 0 Å². The third kappa shape index (κ3) is 5.83. The molecule has 2 atom stereocenters. The van der Waals surface area contributed by atoms with Gasteiger partial charge in [0, 0.05) is 0 Å². The summed E-state index contributed by atoms with van der Waals surface area (Å²) in [5.41, 5.74) is 0.241. The second kappa shape index (κ2) is 3.55. The molecule has 0 N–H and O–H groups in total. The van der Waals surface area contributed by atoms with Gasteiger partial charge in [0.25, 0.3) is 0 Å². The Morgan fingerprint density at radius 2 is 1.55 bits per heavy atom. The first-order chi connectivity index (χ1) is 4.63. The Hall–Kier alpha value is 0.607. The zero-order valence-electron chi connectivity index (χ0n) is 8.56. The van der Waals surface area contributed by atoms with Crippen molar-refractivity contribution in [1.29, 1.82) is 0 Å². The molecule has 0 rings (SSSR count). The van der Waals surface area contributed by atoms with E-state index in [1.54, 1.807) is 0 Å². The molecular formula is C8H21OPSi. The van der Waals surface area contributed by atoms with Gasteiger partial charge < -0.3 is 4.43 Å². The molecule has 0 fully saturated rings. The van der Waals surface area contributed by atoms with E-state index in [0.717, 1.165) is 0 Å². The Morgan fingerprint density at radius 1 is 1.18 bits per heavy atom. The van der Waals surface area contributed by atoms with Gasteiger partial charge in [-0.2, -0.15) is 0 Å². The minimum atomic E-state index is -1.35. The highest BCUT2D eigenvalue weighted by Crippen LogP contribution is 2.29. The first kappa shape index (κ1) is 11.6. The van der Waals surface area contributed by atoms with Crippen molar-refractivity contribution in [3.8, 4) is 0 Å². The molecule has 0 aromatic heterocycles. The first-order valence-electron chi connectivity index (χ1n) is 4.06. The lowest BCUT2D eigenvalue weighted by atomic mass is 9.98. The Bertz CT molecular complexity index is 123. The van der Waals surface area contributed by atoms with Crippen LogP contribution in [0.15, 0.2) is 0 Å². The summed E-state index contributed by atoms with van der Waals surface area (Å²) >= 11 is 0. The molecule has 0 spiro atoms. The van der Waals surface area contributed by atoms with Crippen molar-refractivity contribution < 1.29 is 4.43 Å². The van der Waals surface area contributed by atoms with Crippen LogP contribution in [0, 0.1) is 5.41 Å². The summed E-state index contributed by atoms with van der Waals surface area (Å²) in [6.07, 6.45) is 0. The standard InChI is InChI=1S/C8H21OPSi/c1-8(2,3)7(10)9-11(4,5)6/h7H,10H2,1-6H3. The van der Waals surface area contributed by atoms with E-state index in [2.05, 4.69) is 49.7 Å². The quantitative estimate of drug-likeness (QED) is 0.482. The molecule has 3 heteroatoms. The van der Waals surface area contributed by atoms with Gasteiger partial charge in [0.15, 0.2) is 8.32 Å². The third-order valence-electron chi connectivity index (χ3n) is 1.33. The maximum Gasteiger partial charge on any atom is 0.184 e. The molecular weight excluding hydrogens is 171 g/mol. The van der Waals surface area contributed by atoms with Crippen LogP contribution >= 0.6 is 9.24 Å². The van der Waals surface area contributed by atoms with Crippen molar-refractivity contribution >= 4 is 17.6 Å². The van der Waals surface area contributed by atoms with Gasteiger partial charge in [-0.05, 0) is 25.1 Å². The summed E-state index contributed by atoms with van der Waals surface area (Å²) in [6.45, 7) is 13.3. The first-order valence-corrected chi connectivity index (χ1v) is 8.14. The van der Waals surface area contributed by atoms with Crippen LogP contribution < -0.4 is 0 Å². The maximum atomic E-state index is 5.90. The summed E-state index contributed by atoms with van der Waals surface area (Å²) < 4.78 is 5.90. The highest BCUT2D eigenvalue weighted by atomic mass is 31.0. The lowest BCUT2D eigenvalue weighted by molar-refractivity contribution is 0.157. The predicted molar refractivity (Wildman–Crippen MR) is 57.4 cm³/mol. The molecule has 0 heterocycles. The summed E-state index contributed by atoms with van der Waals surface area (Å²) in [5, 5.41) is 0. The van der Waals surface area contributed by atoms with Crippen LogP contribution in [0.2, 0.25) is 19.6 Å². The molecule has 0 radical (unpaired) electrons. The minimum absolute atomic E-state index is 0.241. The zero-order valence-corrected chi connectivity index (χ0v) is 10.7. The zero-order chi connectivity index (χ0) is 9.28. The fraction of sp³-hybridized carbons (Fsp3) is 1.00.